The summed E-state index contributed by atoms with van der Waals surface area (Å²) in [6, 6.07) is 128. The Hall–Kier alpha value is -14.1. The second kappa shape index (κ2) is 23.8. The highest BCUT2D eigenvalue weighted by atomic mass is 15.0. The maximum Gasteiger partial charge on any atom is 0.336 e. The highest BCUT2D eigenvalue weighted by molar-refractivity contribution is 6.21. The summed E-state index contributed by atoms with van der Waals surface area (Å²) in [5.74, 6) is 1.62. The smallest absolute Gasteiger partial charge is 0.316 e. The summed E-state index contributed by atoms with van der Waals surface area (Å²) in [6.45, 7) is 0. The van der Waals surface area contributed by atoms with Gasteiger partial charge >= 0.3 is 5.82 Å². The molecular formula is C96H61N8+. The molecule has 22 rings (SSSR count). The van der Waals surface area contributed by atoms with E-state index >= 15 is 0 Å². The van der Waals surface area contributed by atoms with Crippen molar-refractivity contribution in [3.05, 3.63) is 370 Å². The van der Waals surface area contributed by atoms with E-state index in [0.717, 1.165) is 83.8 Å². The van der Waals surface area contributed by atoms with E-state index in [-0.39, 0.29) is 0 Å². The van der Waals surface area contributed by atoms with Gasteiger partial charge in [0.15, 0.2) is 16.9 Å². The van der Waals surface area contributed by atoms with E-state index in [0.29, 0.717) is 5.82 Å². The summed E-state index contributed by atoms with van der Waals surface area (Å²) >= 11 is 0. The van der Waals surface area contributed by atoms with E-state index in [1.165, 1.54) is 103 Å². The van der Waals surface area contributed by atoms with Crippen LogP contribution in [0.25, 0.3) is 193 Å². The number of fused-ring (bicyclic) bond motifs is 20. The predicted molar refractivity (Wildman–Crippen MR) is 431 cm³/mol. The second-order valence-corrected chi connectivity index (χ2v) is 26.8. The van der Waals surface area contributed by atoms with Crippen molar-refractivity contribution in [1.82, 2.24) is 33.2 Å². The monoisotopic (exact) mass is 1330 g/mol. The van der Waals surface area contributed by atoms with Crippen LogP contribution in [0.2, 0.25) is 0 Å². The van der Waals surface area contributed by atoms with Gasteiger partial charge in [0.25, 0.3) is 0 Å². The summed E-state index contributed by atoms with van der Waals surface area (Å²) in [7, 11) is 0. The van der Waals surface area contributed by atoms with Crippen LogP contribution >= 0.6 is 0 Å². The number of hydrogen-bond acceptors (Lipinski definition) is 3. The molecule has 0 aliphatic carbocycles. The van der Waals surface area contributed by atoms with E-state index in [4.69, 9.17) is 15.0 Å². The number of pyridine rings is 1. The Kier molecular flexibility index (Phi) is 13.5. The molecule has 0 aliphatic rings. The molecule has 7 aromatic heterocycles. The van der Waals surface area contributed by atoms with Gasteiger partial charge in [-0.3, -0.25) is 0 Å². The predicted octanol–water partition coefficient (Wildman–Crippen LogP) is 23.8. The number of aromatic nitrogens is 8. The highest BCUT2D eigenvalue weighted by Crippen LogP contribution is 2.43. The minimum Gasteiger partial charge on any atom is -0.316 e. The lowest BCUT2D eigenvalue weighted by Crippen LogP contribution is -2.28. The molecule has 0 radical (unpaired) electrons. The summed E-state index contributed by atoms with van der Waals surface area (Å²) in [4.78, 5) is 16.0. The highest BCUT2D eigenvalue weighted by Gasteiger charge is 2.27. The Bertz CT molecular complexity index is 7230. The van der Waals surface area contributed by atoms with Crippen LogP contribution in [0.15, 0.2) is 370 Å². The molecule has 15 aromatic carbocycles. The summed E-state index contributed by atoms with van der Waals surface area (Å²) in [5, 5.41) is 15.6. The zero-order valence-electron chi connectivity index (χ0n) is 56.3. The first-order valence-corrected chi connectivity index (χ1v) is 35.4. The molecule has 22 aromatic rings. The van der Waals surface area contributed by atoms with Crippen LogP contribution in [-0.2, 0) is 0 Å². The summed E-state index contributed by atoms with van der Waals surface area (Å²) in [5.41, 5.74) is 22.2. The Labute approximate surface area is 597 Å². The fraction of sp³-hybridized carbons (Fsp3) is 0. The number of para-hydroxylation sites is 7. The molecule has 0 saturated carbocycles. The van der Waals surface area contributed by atoms with Crippen molar-refractivity contribution >= 4 is 125 Å². The van der Waals surface area contributed by atoms with Crippen molar-refractivity contribution < 1.29 is 4.40 Å². The topological polar surface area (TPSA) is 62.5 Å². The first-order valence-electron chi connectivity index (χ1n) is 35.4. The SMILES string of the molecule is c1ccc(-c2ccc(-c3nc(-c4cccc(-n5c6ccccc6c6ccc7c(ccn7-c7ccccc7)c65)c4)nc4ccccc34)c3ccccc23)cc1.c1ccc(-n2ccc3c2ccc2c4ccccc4n(-c4cccc(-c5nc6ccccc6c6c7ccccc7c7ccccc7[n+]56)c4)c23)cc1. The largest absolute Gasteiger partial charge is 0.336 e. The Morgan fingerprint density at radius 1 is 0.240 bits per heavy atom. The molecule has 484 valence electrons. The molecule has 0 atom stereocenters. The first-order chi connectivity index (χ1) is 51.6. The molecule has 8 heteroatoms. The third-order valence-corrected chi connectivity index (χ3v) is 21.1. The van der Waals surface area contributed by atoms with Crippen LogP contribution < -0.4 is 4.40 Å². The molecule has 7 heterocycles. The molecule has 0 amide bonds. The third kappa shape index (κ3) is 9.25. The normalized spacial score (nSPS) is 11.8. The van der Waals surface area contributed by atoms with Crippen LogP contribution in [0.5, 0.6) is 0 Å². The summed E-state index contributed by atoms with van der Waals surface area (Å²) < 4.78 is 11.8. The molecule has 0 fully saturated rings. The quantitative estimate of drug-likeness (QED) is 0.112. The lowest BCUT2D eigenvalue weighted by atomic mass is 9.93. The molecule has 0 bridgehead atoms. The van der Waals surface area contributed by atoms with E-state index in [9.17, 15) is 0 Å². The van der Waals surface area contributed by atoms with Crippen molar-refractivity contribution in [1.29, 1.82) is 0 Å². The average molecular weight is 1330 g/mol. The minimum absolute atomic E-state index is 0.697. The van der Waals surface area contributed by atoms with Crippen LogP contribution in [0.4, 0.5) is 0 Å². The fourth-order valence-electron chi connectivity index (χ4n) is 16.5. The average Bonchev–Trinajstić information content (AvgIpc) is 1.07. The number of hydrogen-bond donors (Lipinski definition) is 0. The molecule has 104 heavy (non-hydrogen) atoms. The Morgan fingerprint density at radius 3 is 1.30 bits per heavy atom. The number of benzene rings is 15. The van der Waals surface area contributed by atoms with Crippen molar-refractivity contribution in [2.75, 3.05) is 0 Å². The molecule has 0 spiro atoms. The van der Waals surface area contributed by atoms with Crippen molar-refractivity contribution in [2.45, 2.75) is 0 Å². The molecular weight excluding hydrogens is 1270 g/mol. The van der Waals surface area contributed by atoms with Crippen LogP contribution in [-0.4, -0.2) is 33.2 Å². The van der Waals surface area contributed by atoms with Gasteiger partial charge in [0, 0.05) is 94.7 Å². The molecule has 0 N–H and O–H groups in total. The van der Waals surface area contributed by atoms with Gasteiger partial charge in [-0.2, -0.15) is 4.40 Å². The minimum atomic E-state index is 0.697. The van der Waals surface area contributed by atoms with Crippen LogP contribution in [0.3, 0.4) is 0 Å². The van der Waals surface area contributed by atoms with Crippen molar-refractivity contribution in [3.8, 4) is 67.9 Å². The lowest BCUT2D eigenvalue weighted by molar-refractivity contribution is -0.469. The molecule has 0 unspecified atom stereocenters. The van der Waals surface area contributed by atoms with E-state index in [1.807, 2.05) is 0 Å². The van der Waals surface area contributed by atoms with Crippen molar-refractivity contribution in [2.24, 2.45) is 0 Å². The number of nitrogens with zero attached hydrogens (tertiary/aromatic N) is 8. The zero-order valence-corrected chi connectivity index (χ0v) is 56.3. The lowest BCUT2D eigenvalue weighted by Gasteiger charge is -2.15. The number of rotatable bonds is 8. The van der Waals surface area contributed by atoms with Gasteiger partial charge < -0.3 is 18.3 Å². The van der Waals surface area contributed by atoms with E-state index < -0.39 is 0 Å². The van der Waals surface area contributed by atoms with Crippen LogP contribution in [0, 0.1) is 0 Å². The molecule has 8 nitrogen and oxygen atoms in total. The van der Waals surface area contributed by atoms with Gasteiger partial charge in [0.1, 0.15) is 5.52 Å². The Balaban J connectivity index is 0.000000135. The maximum atomic E-state index is 5.41. The maximum absolute atomic E-state index is 5.41. The van der Waals surface area contributed by atoms with Crippen LogP contribution in [0.1, 0.15) is 0 Å². The summed E-state index contributed by atoms with van der Waals surface area (Å²) in [6.07, 6.45) is 4.37. The van der Waals surface area contributed by atoms with Crippen molar-refractivity contribution in [3.63, 3.8) is 0 Å². The van der Waals surface area contributed by atoms with Gasteiger partial charge in [0.2, 0.25) is 0 Å². The molecule has 0 aliphatic heterocycles. The van der Waals surface area contributed by atoms with E-state index in [2.05, 4.69) is 393 Å². The molecule has 0 saturated heterocycles. The van der Waals surface area contributed by atoms with Gasteiger partial charge in [-0.1, -0.05) is 243 Å². The van der Waals surface area contributed by atoms with Gasteiger partial charge in [-0.25, -0.2) is 9.97 Å². The fourth-order valence-corrected chi connectivity index (χ4v) is 16.5. The first kappa shape index (κ1) is 58.8. The zero-order chi connectivity index (χ0) is 68.3. The second-order valence-electron chi connectivity index (χ2n) is 26.8. The van der Waals surface area contributed by atoms with Gasteiger partial charge in [-0.15, -0.1) is 0 Å². The van der Waals surface area contributed by atoms with Gasteiger partial charge in [-0.05, 0) is 148 Å². The standard InChI is InChI=1S/C50H32N4.C46H29N4/c1-3-14-33(15-4-1)37-26-27-41(39-21-8-7-20-38(37)39)48-43-23-9-11-24-45(43)51-50(52-48)34-16-13-19-36(32-34)54-47-25-12-10-22-40(47)42-28-29-46-44(49(42)54)30-31-53(46)35-17-5-2-6-18-35;1-2-14-31(15-3-1)48-28-27-39-41(48)26-25-37-35-19-8-10-23-42(35)49(45(37)39)32-16-12-13-30(29-32)46-47-40-22-9-6-21-38(40)44-36-20-5-4-17-33(36)34-18-7-11-24-43(34)50(44)46/h1-32H;1-29H/q;+1. The van der Waals surface area contributed by atoms with E-state index in [1.54, 1.807) is 0 Å². The third-order valence-electron chi connectivity index (χ3n) is 21.1. The Morgan fingerprint density at radius 2 is 0.683 bits per heavy atom. The van der Waals surface area contributed by atoms with Gasteiger partial charge in [0.05, 0.1) is 55.3 Å².